The summed E-state index contributed by atoms with van der Waals surface area (Å²) in [5, 5.41) is 0. The lowest BCUT2D eigenvalue weighted by Gasteiger charge is -2.35. The van der Waals surface area contributed by atoms with Crippen molar-refractivity contribution in [3.05, 3.63) is 47.2 Å². The first-order chi connectivity index (χ1) is 12.3. The van der Waals surface area contributed by atoms with Crippen LogP contribution in [0.5, 0.6) is 0 Å². The molecule has 0 radical (unpaired) electrons. The van der Waals surface area contributed by atoms with E-state index in [0.29, 0.717) is 32.1 Å². The molecule has 138 valence electrons. The van der Waals surface area contributed by atoms with Gasteiger partial charge >= 0.3 is 0 Å². The van der Waals surface area contributed by atoms with E-state index in [0.717, 1.165) is 23.6 Å². The van der Waals surface area contributed by atoms with E-state index >= 15 is 0 Å². The van der Waals surface area contributed by atoms with Crippen LogP contribution in [0.3, 0.4) is 0 Å². The highest BCUT2D eigenvalue weighted by atomic mass is 19.2. The average molecular weight is 361 g/mol. The Kier molecular flexibility index (Phi) is 5.01. The quantitative estimate of drug-likeness (QED) is 0.838. The molecule has 0 unspecified atom stereocenters. The summed E-state index contributed by atoms with van der Waals surface area (Å²) in [5.41, 5.74) is 1.03. The number of hydrogen-bond donors (Lipinski definition) is 0. The summed E-state index contributed by atoms with van der Waals surface area (Å²) in [4.78, 5) is 27.1. The van der Waals surface area contributed by atoms with Crippen molar-refractivity contribution in [2.75, 3.05) is 50.1 Å². The SMILES string of the molecule is Cc1cc(N(C)C)nc(N2CCN(C(=O)c3ccc(F)c(F)c3)CC2)n1. The van der Waals surface area contributed by atoms with Gasteiger partial charge in [0.15, 0.2) is 11.6 Å². The second-order valence-electron chi connectivity index (χ2n) is 6.47. The Balaban J connectivity index is 1.69. The van der Waals surface area contributed by atoms with Crippen LogP contribution >= 0.6 is 0 Å². The number of nitrogens with zero attached hydrogens (tertiary/aromatic N) is 5. The number of amides is 1. The van der Waals surface area contributed by atoms with Crippen molar-refractivity contribution in [3.8, 4) is 0 Å². The van der Waals surface area contributed by atoms with Crippen LogP contribution in [-0.4, -0.2) is 61.0 Å². The molecule has 0 aliphatic carbocycles. The highest BCUT2D eigenvalue weighted by molar-refractivity contribution is 5.94. The molecule has 0 bridgehead atoms. The molecular formula is C18H21F2N5O. The maximum absolute atomic E-state index is 13.4. The highest BCUT2D eigenvalue weighted by Gasteiger charge is 2.24. The number of anilines is 2. The molecule has 1 saturated heterocycles. The van der Waals surface area contributed by atoms with E-state index in [1.165, 1.54) is 6.07 Å². The van der Waals surface area contributed by atoms with E-state index < -0.39 is 11.6 Å². The van der Waals surface area contributed by atoms with Crippen molar-refractivity contribution < 1.29 is 13.6 Å². The summed E-state index contributed by atoms with van der Waals surface area (Å²) in [5.74, 6) is -0.817. The van der Waals surface area contributed by atoms with Gasteiger partial charge in [-0.15, -0.1) is 0 Å². The van der Waals surface area contributed by atoms with Gasteiger partial charge in [-0.2, -0.15) is 4.98 Å². The van der Waals surface area contributed by atoms with Gasteiger partial charge in [0.05, 0.1) is 0 Å². The molecule has 1 aromatic carbocycles. The molecule has 2 aromatic rings. The Morgan fingerprint density at radius 3 is 2.35 bits per heavy atom. The number of hydrogen-bond acceptors (Lipinski definition) is 5. The van der Waals surface area contributed by atoms with Crippen LogP contribution in [0, 0.1) is 18.6 Å². The van der Waals surface area contributed by atoms with E-state index in [2.05, 4.69) is 9.97 Å². The molecule has 0 N–H and O–H groups in total. The molecule has 1 aliphatic heterocycles. The monoisotopic (exact) mass is 361 g/mol. The van der Waals surface area contributed by atoms with E-state index in [1.54, 1.807) is 4.90 Å². The lowest BCUT2D eigenvalue weighted by Crippen LogP contribution is -2.49. The zero-order valence-electron chi connectivity index (χ0n) is 15.0. The Labute approximate surface area is 151 Å². The van der Waals surface area contributed by atoms with Gasteiger partial charge in [-0.25, -0.2) is 13.8 Å². The number of carbonyl (C=O) groups excluding carboxylic acids is 1. The molecule has 1 amide bonds. The van der Waals surface area contributed by atoms with Crippen molar-refractivity contribution in [1.82, 2.24) is 14.9 Å². The number of rotatable bonds is 3. The van der Waals surface area contributed by atoms with Crippen LogP contribution in [-0.2, 0) is 0 Å². The summed E-state index contributed by atoms with van der Waals surface area (Å²) in [6.07, 6.45) is 0. The largest absolute Gasteiger partial charge is 0.363 e. The number of piperazine rings is 1. The summed E-state index contributed by atoms with van der Waals surface area (Å²) in [6, 6.07) is 5.13. The first-order valence-corrected chi connectivity index (χ1v) is 8.37. The van der Waals surface area contributed by atoms with E-state index in [9.17, 15) is 13.6 Å². The van der Waals surface area contributed by atoms with Crippen LogP contribution in [0.15, 0.2) is 24.3 Å². The lowest BCUT2D eigenvalue weighted by molar-refractivity contribution is 0.0745. The van der Waals surface area contributed by atoms with Gasteiger partial charge in [-0.3, -0.25) is 4.79 Å². The standard InChI is InChI=1S/C18H21F2N5O/c1-12-10-16(23(2)3)22-18(21-12)25-8-6-24(7-9-25)17(26)13-4-5-14(19)15(20)11-13/h4-5,10-11H,6-9H2,1-3H3. The minimum absolute atomic E-state index is 0.152. The van der Waals surface area contributed by atoms with Crippen LogP contribution in [0.4, 0.5) is 20.5 Å². The Morgan fingerprint density at radius 1 is 1.04 bits per heavy atom. The second-order valence-corrected chi connectivity index (χ2v) is 6.47. The minimum atomic E-state index is -1.01. The minimum Gasteiger partial charge on any atom is -0.363 e. The van der Waals surface area contributed by atoms with Gasteiger partial charge in [0.1, 0.15) is 5.82 Å². The van der Waals surface area contributed by atoms with Crippen LogP contribution in [0.1, 0.15) is 16.1 Å². The summed E-state index contributed by atoms with van der Waals surface area (Å²) >= 11 is 0. The number of aromatic nitrogens is 2. The van der Waals surface area contributed by atoms with E-state index in [4.69, 9.17) is 0 Å². The van der Waals surface area contributed by atoms with E-state index in [1.807, 2.05) is 36.9 Å². The molecule has 0 atom stereocenters. The Hall–Kier alpha value is -2.77. The molecule has 2 heterocycles. The smallest absolute Gasteiger partial charge is 0.254 e. The lowest BCUT2D eigenvalue weighted by atomic mass is 10.1. The van der Waals surface area contributed by atoms with Gasteiger partial charge in [-0.05, 0) is 25.1 Å². The van der Waals surface area contributed by atoms with Crippen molar-refractivity contribution in [2.45, 2.75) is 6.92 Å². The molecule has 1 aliphatic rings. The fourth-order valence-corrected chi connectivity index (χ4v) is 2.83. The number of carbonyl (C=O) groups is 1. The van der Waals surface area contributed by atoms with E-state index in [-0.39, 0.29) is 11.5 Å². The number of aryl methyl sites for hydroxylation is 1. The molecule has 3 rings (SSSR count). The summed E-state index contributed by atoms with van der Waals surface area (Å²) in [7, 11) is 3.84. The summed E-state index contributed by atoms with van der Waals surface area (Å²) < 4.78 is 26.4. The predicted molar refractivity (Wildman–Crippen MR) is 95.6 cm³/mol. The van der Waals surface area contributed by atoms with Crippen molar-refractivity contribution in [2.24, 2.45) is 0 Å². The predicted octanol–water partition coefficient (Wildman–Crippen LogP) is 2.09. The van der Waals surface area contributed by atoms with Crippen molar-refractivity contribution in [3.63, 3.8) is 0 Å². The second kappa shape index (κ2) is 7.23. The third-order valence-corrected chi connectivity index (χ3v) is 4.30. The van der Waals surface area contributed by atoms with Gasteiger partial charge < -0.3 is 14.7 Å². The zero-order valence-corrected chi connectivity index (χ0v) is 15.0. The molecule has 8 heteroatoms. The molecule has 0 saturated carbocycles. The fraction of sp³-hybridized carbons (Fsp3) is 0.389. The molecular weight excluding hydrogens is 340 g/mol. The average Bonchev–Trinajstić information content (AvgIpc) is 2.63. The van der Waals surface area contributed by atoms with Gasteiger partial charge in [0.2, 0.25) is 5.95 Å². The highest BCUT2D eigenvalue weighted by Crippen LogP contribution is 2.18. The number of halogens is 2. The van der Waals surface area contributed by atoms with Crippen molar-refractivity contribution in [1.29, 1.82) is 0 Å². The molecule has 1 aromatic heterocycles. The molecule has 6 nitrogen and oxygen atoms in total. The normalized spacial score (nSPS) is 14.5. The molecule has 1 fully saturated rings. The van der Waals surface area contributed by atoms with Gasteiger partial charge in [-0.1, -0.05) is 0 Å². The first kappa shape index (κ1) is 18.0. The third kappa shape index (κ3) is 3.74. The zero-order chi connectivity index (χ0) is 18.8. The Bertz CT molecular complexity index is 819. The van der Waals surface area contributed by atoms with Gasteiger partial charge in [0.25, 0.3) is 5.91 Å². The molecule has 26 heavy (non-hydrogen) atoms. The van der Waals surface area contributed by atoms with Crippen molar-refractivity contribution >= 4 is 17.7 Å². The molecule has 0 spiro atoms. The maximum atomic E-state index is 13.4. The Morgan fingerprint density at radius 2 is 1.73 bits per heavy atom. The van der Waals surface area contributed by atoms with Crippen LogP contribution in [0.25, 0.3) is 0 Å². The summed E-state index contributed by atoms with van der Waals surface area (Å²) in [6.45, 7) is 4.00. The van der Waals surface area contributed by atoms with Gasteiger partial charge in [0, 0.05) is 57.6 Å². The fourth-order valence-electron chi connectivity index (χ4n) is 2.83. The van der Waals surface area contributed by atoms with Crippen LogP contribution < -0.4 is 9.80 Å². The maximum Gasteiger partial charge on any atom is 0.254 e. The number of benzene rings is 1. The first-order valence-electron chi connectivity index (χ1n) is 8.37. The topological polar surface area (TPSA) is 52.6 Å². The third-order valence-electron chi connectivity index (χ3n) is 4.30. The van der Waals surface area contributed by atoms with Crippen LogP contribution in [0.2, 0.25) is 0 Å².